The van der Waals surface area contributed by atoms with Crippen molar-refractivity contribution < 1.29 is 9.18 Å². The largest absolute Gasteiger partial charge is 0.353 e. The van der Waals surface area contributed by atoms with Crippen LogP contribution >= 0.6 is 11.6 Å². The summed E-state index contributed by atoms with van der Waals surface area (Å²) in [6, 6.07) is 9.73. The third kappa shape index (κ3) is 4.32. The molecule has 0 bridgehead atoms. The number of anilines is 2. The predicted molar refractivity (Wildman–Crippen MR) is 110 cm³/mol. The molecule has 7 nitrogen and oxygen atoms in total. The van der Waals surface area contributed by atoms with Gasteiger partial charge in [0.2, 0.25) is 0 Å². The lowest BCUT2D eigenvalue weighted by Gasteiger charge is -2.35. The minimum absolute atomic E-state index is 0.0229. The average Bonchev–Trinajstić information content (AvgIpc) is 3.25. The van der Waals surface area contributed by atoms with E-state index in [9.17, 15) is 9.18 Å². The molecule has 0 atom stereocenters. The maximum atomic E-state index is 13.3. The number of aryl methyl sites for hydroxylation is 1. The molecule has 3 heterocycles. The van der Waals surface area contributed by atoms with Gasteiger partial charge in [-0.3, -0.25) is 0 Å². The highest BCUT2D eigenvalue weighted by Crippen LogP contribution is 2.21. The summed E-state index contributed by atoms with van der Waals surface area (Å²) in [6.07, 6.45) is 3.88. The van der Waals surface area contributed by atoms with E-state index in [2.05, 4.69) is 20.2 Å². The molecule has 0 radical (unpaired) electrons. The van der Waals surface area contributed by atoms with E-state index in [1.54, 1.807) is 4.90 Å². The van der Waals surface area contributed by atoms with Gasteiger partial charge in [-0.2, -0.15) is 0 Å². The first-order chi connectivity index (χ1) is 14.0. The van der Waals surface area contributed by atoms with Crippen LogP contribution in [-0.2, 0) is 0 Å². The van der Waals surface area contributed by atoms with E-state index in [-0.39, 0.29) is 11.1 Å². The predicted octanol–water partition coefficient (Wildman–Crippen LogP) is 3.72. The van der Waals surface area contributed by atoms with Crippen LogP contribution in [-0.4, -0.2) is 51.6 Å². The highest BCUT2D eigenvalue weighted by atomic mass is 35.5. The molecule has 0 spiro atoms. The molecule has 1 aliphatic rings. The number of urea groups is 1. The molecule has 2 amide bonds. The number of hydrogen-bond donors (Lipinski definition) is 1. The van der Waals surface area contributed by atoms with Crippen LogP contribution in [0.5, 0.6) is 0 Å². The van der Waals surface area contributed by atoms with Gasteiger partial charge in [0.15, 0.2) is 0 Å². The Morgan fingerprint density at radius 2 is 1.76 bits per heavy atom. The average molecular weight is 415 g/mol. The molecular weight excluding hydrogens is 395 g/mol. The number of nitrogens with one attached hydrogen (secondary N) is 1. The van der Waals surface area contributed by atoms with Gasteiger partial charge in [-0.15, -0.1) is 0 Å². The van der Waals surface area contributed by atoms with Crippen LogP contribution in [0.4, 0.5) is 20.7 Å². The van der Waals surface area contributed by atoms with E-state index in [0.29, 0.717) is 37.7 Å². The van der Waals surface area contributed by atoms with E-state index in [1.165, 1.54) is 18.2 Å². The summed E-state index contributed by atoms with van der Waals surface area (Å²) in [5.74, 6) is 1.83. The molecule has 1 N–H and O–H groups in total. The number of benzene rings is 1. The number of carbonyl (C=O) groups excluding carboxylic acids is 1. The van der Waals surface area contributed by atoms with E-state index in [0.717, 1.165) is 11.6 Å². The van der Waals surface area contributed by atoms with Gasteiger partial charge < -0.3 is 19.7 Å². The third-order valence-corrected chi connectivity index (χ3v) is 5.03. The van der Waals surface area contributed by atoms with Gasteiger partial charge in [-0.05, 0) is 37.3 Å². The van der Waals surface area contributed by atoms with Crippen molar-refractivity contribution >= 4 is 29.1 Å². The minimum Gasteiger partial charge on any atom is -0.353 e. The Morgan fingerprint density at radius 3 is 2.45 bits per heavy atom. The van der Waals surface area contributed by atoms with Crippen molar-refractivity contribution in [3.63, 3.8) is 0 Å². The Kier molecular flexibility index (Phi) is 5.35. The Labute approximate surface area is 172 Å². The molecule has 0 saturated carbocycles. The molecule has 1 aromatic carbocycles. The first-order valence-corrected chi connectivity index (χ1v) is 9.62. The van der Waals surface area contributed by atoms with Crippen LogP contribution in [0.1, 0.15) is 5.82 Å². The molecule has 150 valence electrons. The molecule has 1 aliphatic heterocycles. The molecule has 0 unspecified atom stereocenters. The van der Waals surface area contributed by atoms with Crippen LogP contribution in [0.3, 0.4) is 0 Å². The molecule has 29 heavy (non-hydrogen) atoms. The number of rotatable bonds is 3. The molecule has 9 heteroatoms. The Balaban J connectivity index is 1.40. The van der Waals surface area contributed by atoms with Crippen LogP contribution < -0.4 is 10.2 Å². The smallest absolute Gasteiger partial charge is 0.321 e. The first-order valence-electron chi connectivity index (χ1n) is 9.24. The Hall–Kier alpha value is -3.13. The number of halogens is 2. The second-order valence-electron chi connectivity index (χ2n) is 6.76. The number of hydrogen-bond acceptors (Lipinski definition) is 4. The van der Waals surface area contributed by atoms with Crippen LogP contribution in [0.2, 0.25) is 5.02 Å². The molecule has 3 aromatic rings. The topological polar surface area (TPSA) is 66.3 Å². The molecule has 2 aromatic heterocycles. The van der Waals surface area contributed by atoms with Crippen molar-refractivity contribution in [1.82, 2.24) is 19.4 Å². The van der Waals surface area contributed by atoms with E-state index >= 15 is 0 Å². The van der Waals surface area contributed by atoms with Crippen molar-refractivity contribution in [2.24, 2.45) is 0 Å². The molecular formula is C20H20ClFN6O. The lowest BCUT2D eigenvalue weighted by molar-refractivity contribution is 0.208. The Morgan fingerprint density at radius 1 is 1.07 bits per heavy atom. The second kappa shape index (κ2) is 8.08. The van der Waals surface area contributed by atoms with E-state index in [4.69, 9.17) is 11.6 Å². The van der Waals surface area contributed by atoms with E-state index in [1.807, 2.05) is 42.1 Å². The van der Waals surface area contributed by atoms with Gasteiger partial charge in [0.25, 0.3) is 0 Å². The molecule has 4 rings (SSSR count). The van der Waals surface area contributed by atoms with Gasteiger partial charge in [0, 0.05) is 50.3 Å². The standard InChI is InChI=1S/C20H20ClFN6O/c1-14-23-18(26-6-2-3-7-26)13-19(24-14)27-8-10-28(11-9-27)20(29)25-15-4-5-17(22)16(21)12-15/h2-7,12-13H,8-11H2,1H3,(H,25,29). The number of carbonyl (C=O) groups is 1. The molecule has 1 fully saturated rings. The summed E-state index contributed by atoms with van der Waals surface area (Å²) in [4.78, 5) is 25.4. The summed E-state index contributed by atoms with van der Waals surface area (Å²) >= 11 is 5.77. The van der Waals surface area contributed by atoms with Gasteiger partial charge in [0.1, 0.15) is 23.3 Å². The summed E-state index contributed by atoms with van der Waals surface area (Å²) < 4.78 is 15.2. The monoisotopic (exact) mass is 414 g/mol. The van der Waals surface area contributed by atoms with E-state index < -0.39 is 5.82 Å². The highest BCUT2D eigenvalue weighted by Gasteiger charge is 2.23. The van der Waals surface area contributed by atoms with Gasteiger partial charge in [-0.25, -0.2) is 19.2 Å². The highest BCUT2D eigenvalue weighted by molar-refractivity contribution is 6.31. The fraction of sp³-hybridized carbons (Fsp3) is 0.250. The maximum Gasteiger partial charge on any atom is 0.321 e. The Bertz CT molecular complexity index is 1020. The van der Waals surface area contributed by atoms with Crippen LogP contribution in [0.15, 0.2) is 48.8 Å². The maximum absolute atomic E-state index is 13.3. The van der Waals surface area contributed by atoms with Gasteiger partial charge >= 0.3 is 6.03 Å². The van der Waals surface area contributed by atoms with Crippen molar-refractivity contribution in [2.45, 2.75) is 6.92 Å². The van der Waals surface area contributed by atoms with Gasteiger partial charge in [-0.1, -0.05) is 11.6 Å². The van der Waals surface area contributed by atoms with Gasteiger partial charge in [0.05, 0.1) is 5.02 Å². The second-order valence-corrected chi connectivity index (χ2v) is 7.16. The van der Waals surface area contributed by atoms with Crippen molar-refractivity contribution in [2.75, 3.05) is 36.4 Å². The number of amides is 2. The fourth-order valence-electron chi connectivity index (χ4n) is 3.23. The zero-order chi connectivity index (χ0) is 20.4. The first kappa shape index (κ1) is 19.2. The lowest BCUT2D eigenvalue weighted by atomic mass is 10.3. The summed E-state index contributed by atoms with van der Waals surface area (Å²) in [7, 11) is 0. The number of aromatic nitrogens is 3. The number of piperazine rings is 1. The van der Waals surface area contributed by atoms with Crippen molar-refractivity contribution in [1.29, 1.82) is 0 Å². The quantitative estimate of drug-likeness (QED) is 0.709. The summed E-state index contributed by atoms with van der Waals surface area (Å²) in [5.41, 5.74) is 0.464. The summed E-state index contributed by atoms with van der Waals surface area (Å²) in [6.45, 7) is 4.26. The zero-order valence-electron chi connectivity index (χ0n) is 15.8. The van der Waals surface area contributed by atoms with Crippen molar-refractivity contribution in [3.05, 3.63) is 65.5 Å². The zero-order valence-corrected chi connectivity index (χ0v) is 16.6. The number of nitrogens with zero attached hydrogens (tertiary/aromatic N) is 5. The molecule has 0 aliphatic carbocycles. The normalized spacial score (nSPS) is 14.2. The van der Waals surface area contributed by atoms with Crippen LogP contribution in [0, 0.1) is 12.7 Å². The lowest BCUT2D eigenvalue weighted by Crippen LogP contribution is -2.50. The third-order valence-electron chi connectivity index (χ3n) is 4.74. The summed E-state index contributed by atoms with van der Waals surface area (Å²) in [5, 5.41) is 2.74. The minimum atomic E-state index is -0.516. The van der Waals surface area contributed by atoms with Crippen LogP contribution in [0.25, 0.3) is 5.82 Å². The fourth-order valence-corrected chi connectivity index (χ4v) is 3.41. The SMILES string of the molecule is Cc1nc(N2CCN(C(=O)Nc3ccc(F)c(Cl)c3)CC2)cc(-n2cccc2)n1. The molecule has 1 saturated heterocycles. The van der Waals surface area contributed by atoms with Crippen molar-refractivity contribution in [3.8, 4) is 5.82 Å².